The summed E-state index contributed by atoms with van der Waals surface area (Å²) in [5, 5.41) is 12.9. The Morgan fingerprint density at radius 1 is 1.27 bits per heavy atom. The van der Waals surface area contributed by atoms with E-state index in [1.54, 1.807) is 4.90 Å². The first-order chi connectivity index (χ1) is 14.5. The fourth-order valence-electron chi connectivity index (χ4n) is 4.64. The lowest BCUT2D eigenvalue weighted by Gasteiger charge is -2.49. The molecule has 5 rings (SSSR count). The molecule has 0 radical (unpaired) electrons. The molecule has 1 saturated carbocycles. The number of nitrogens with zero attached hydrogens (tertiary/aromatic N) is 4. The largest absolute Gasteiger partial charge is 0.508 e. The quantitative estimate of drug-likeness (QED) is 0.376. The van der Waals surface area contributed by atoms with Crippen LogP contribution >= 0.6 is 0 Å². The molecule has 10 nitrogen and oxygen atoms in total. The number of phenolic OH excluding ortho intramolecular Hbond substituents is 1. The maximum Gasteiger partial charge on any atom is 0.272 e. The van der Waals surface area contributed by atoms with Crippen LogP contribution in [0, 0.1) is 0 Å². The zero-order valence-electron chi connectivity index (χ0n) is 16.1. The van der Waals surface area contributed by atoms with Gasteiger partial charge in [0.1, 0.15) is 17.6 Å². The number of carbonyl (C=O) groups is 2. The number of H-pyrrole nitrogens is 1. The van der Waals surface area contributed by atoms with Crippen molar-refractivity contribution in [1.29, 1.82) is 0 Å². The summed E-state index contributed by atoms with van der Waals surface area (Å²) in [4.78, 5) is 43.2. The molecule has 1 saturated heterocycles. The van der Waals surface area contributed by atoms with Crippen LogP contribution in [0.2, 0.25) is 0 Å². The van der Waals surface area contributed by atoms with Crippen LogP contribution in [0.3, 0.4) is 0 Å². The standard InChI is InChI=1S/C20H21N7O3/c21-13-3-2-11(28)8-12(13)19(30)27-7-4-14(20(27)5-1-6-20)26-18(29)16-15-17(24-9-22-15)25-10-23-16/h2-3,8-10,14,28H,1,4-7,21H2,(H,26,29)(H,22,23,24,25). The summed E-state index contributed by atoms with van der Waals surface area (Å²) in [5.41, 5.74) is 7.28. The summed E-state index contributed by atoms with van der Waals surface area (Å²) < 4.78 is 0. The van der Waals surface area contributed by atoms with Gasteiger partial charge >= 0.3 is 0 Å². The zero-order valence-corrected chi connectivity index (χ0v) is 16.1. The molecule has 5 N–H and O–H groups in total. The predicted octanol–water partition coefficient (Wildman–Crippen LogP) is 1.21. The number of nitrogens with one attached hydrogen (secondary N) is 2. The molecule has 2 aliphatic rings. The number of nitrogens with two attached hydrogens (primary N) is 1. The summed E-state index contributed by atoms with van der Waals surface area (Å²) in [5.74, 6) is -0.557. The summed E-state index contributed by atoms with van der Waals surface area (Å²) in [7, 11) is 0. The van der Waals surface area contributed by atoms with E-state index in [1.165, 1.54) is 30.9 Å². The SMILES string of the molecule is Nc1ccc(O)cc1C(=O)N1CCC(NC(=O)c2ncnc3nc[nH]c23)C12CCC2. The highest BCUT2D eigenvalue weighted by Crippen LogP contribution is 2.46. The average Bonchev–Trinajstić information content (AvgIpc) is 3.33. The Kier molecular flexibility index (Phi) is 4.09. The highest BCUT2D eigenvalue weighted by Gasteiger charge is 2.55. The molecule has 3 heterocycles. The molecule has 154 valence electrons. The van der Waals surface area contributed by atoms with E-state index in [9.17, 15) is 14.7 Å². The molecule has 1 aliphatic heterocycles. The maximum absolute atomic E-state index is 13.3. The summed E-state index contributed by atoms with van der Waals surface area (Å²) in [6, 6.07) is 4.17. The van der Waals surface area contributed by atoms with Crippen molar-refractivity contribution in [2.45, 2.75) is 37.3 Å². The number of aromatic amines is 1. The van der Waals surface area contributed by atoms with Gasteiger partial charge < -0.3 is 26.0 Å². The molecule has 1 spiro atoms. The van der Waals surface area contributed by atoms with Crippen LogP contribution in [0.4, 0.5) is 5.69 Å². The Morgan fingerprint density at radius 2 is 2.10 bits per heavy atom. The number of aromatic nitrogens is 4. The number of amides is 2. The second-order valence-electron chi connectivity index (χ2n) is 7.82. The number of anilines is 1. The first kappa shape index (κ1) is 18.3. The number of hydrogen-bond donors (Lipinski definition) is 4. The monoisotopic (exact) mass is 407 g/mol. The van der Waals surface area contributed by atoms with E-state index in [0.29, 0.717) is 29.8 Å². The van der Waals surface area contributed by atoms with Crippen molar-refractivity contribution in [3.05, 3.63) is 42.1 Å². The number of carbonyl (C=O) groups excluding carboxylic acids is 2. The molecule has 10 heteroatoms. The number of rotatable bonds is 3. The molecule has 1 aliphatic carbocycles. The van der Waals surface area contributed by atoms with Crippen LogP contribution in [0.25, 0.3) is 11.2 Å². The summed E-state index contributed by atoms with van der Waals surface area (Å²) in [6.45, 7) is 0.502. The van der Waals surface area contributed by atoms with E-state index in [1.807, 2.05) is 0 Å². The van der Waals surface area contributed by atoms with Gasteiger partial charge in [0, 0.05) is 12.2 Å². The first-order valence-corrected chi connectivity index (χ1v) is 9.85. The van der Waals surface area contributed by atoms with Crippen molar-refractivity contribution >= 4 is 28.7 Å². The highest BCUT2D eigenvalue weighted by molar-refractivity contribution is 6.03. The van der Waals surface area contributed by atoms with Gasteiger partial charge in [-0.3, -0.25) is 9.59 Å². The topological polar surface area (TPSA) is 150 Å². The van der Waals surface area contributed by atoms with E-state index in [-0.39, 0.29) is 34.9 Å². The third-order valence-corrected chi connectivity index (χ3v) is 6.30. The lowest BCUT2D eigenvalue weighted by molar-refractivity contribution is 0.0260. The Labute approximate surface area is 171 Å². The minimum atomic E-state index is -0.454. The second-order valence-corrected chi connectivity index (χ2v) is 7.82. The summed E-state index contributed by atoms with van der Waals surface area (Å²) >= 11 is 0. The first-order valence-electron chi connectivity index (χ1n) is 9.85. The van der Waals surface area contributed by atoms with Gasteiger partial charge in [-0.25, -0.2) is 15.0 Å². The molecule has 2 amide bonds. The number of phenols is 1. The van der Waals surface area contributed by atoms with Gasteiger partial charge in [-0.05, 0) is 43.9 Å². The third kappa shape index (κ3) is 2.67. The van der Waals surface area contributed by atoms with E-state index in [2.05, 4.69) is 25.3 Å². The van der Waals surface area contributed by atoms with Gasteiger partial charge in [0.05, 0.1) is 23.5 Å². The third-order valence-electron chi connectivity index (χ3n) is 6.30. The minimum absolute atomic E-state index is 0.00778. The van der Waals surface area contributed by atoms with E-state index in [0.717, 1.165) is 19.3 Å². The molecule has 1 atom stereocenters. The van der Waals surface area contributed by atoms with Crippen molar-refractivity contribution in [3.8, 4) is 5.75 Å². The number of hydrogen-bond acceptors (Lipinski definition) is 7. The smallest absolute Gasteiger partial charge is 0.272 e. The molecule has 1 aromatic carbocycles. The van der Waals surface area contributed by atoms with Crippen LogP contribution in [0.5, 0.6) is 5.75 Å². The molecule has 1 unspecified atom stereocenters. The summed E-state index contributed by atoms with van der Waals surface area (Å²) in [6.07, 6.45) is 5.99. The fraction of sp³-hybridized carbons (Fsp3) is 0.350. The molecule has 2 fully saturated rings. The highest BCUT2D eigenvalue weighted by atomic mass is 16.3. The van der Waals surface area contributed by atoms with Crippen molar-refractivity contribution in [3.63, 3.8) is 0 Å². The van der Waals surface area contributed by atoms with Crippen molar-refractivity contribution in [2.75, 3.05) is 12.3 Å². The molecule has 0 bridgehead atoms. The number of nitrogen functional groups attached to an aromatic ring is 1. The predicted molar refractivity (Wildman–Crippen MR) is 108 cm³/mol. The van der Waals surface area contributed by atoms with Crippen molar-refractivity contribution in [2.24, 2.45) is 0 Å². The van der Waals surface area contributed by atoms with Crippen LogP contribution in [-0.4, -0.2) is 59.9 Å². The normalized spacial score (nSPS) is 19.7. The average molecular weight is 407 g/mol. The lowest BCUT2D eigenvalue weighted by Crippen LogP contribution is -2.62. The zero-order chi connectivity index (χ0) is 20.9. The number of aromatic hydroxyl groups is 1. The molecular weight excluding hydrogens is 386 g/mol. The fourth-order valence-corrected chi connectivity index (χ4v) is 4.64. The van der Waals surface area contributed by atoms with Gasteiger partial charge in [-0.1, -0.05) is 0 Å². The van der Waals surface area contributed by atoms with Crippen molar-refractivity contribution in [1.82, 2.24) is 30.2 Å². The van der Waals surface area contributed by atoms with Crippen LogP contribution in [0.15, 0.2) is 30.9 Å². The number of imidazole rings is 1. The lowest BCUT2D eigenvalue weighted by atomic mass is 9.71. The van der Waals surface area contributed by atoms with Gasteiger partial charge in [-0.2, -0.15) is 0 Å². The number of fused-ring (bicyclic) bond motifs is 1. The molecule has 3 aromatic rings. The van der Waals surface area contributed by atoms with E-state index in [4.69, 9.17) is 5.73 Å². The Bertz CT molecular complexity index is 1150. The Morgan fingerprint density at radius 3 is 2.87 bits per heavy atom. The van der Waals surface area contributed by atoms with Gasteiger partial charge in [-0.15, -0.1) is 0 Å². The Balaban J connectivity index is 1.41. The van der Waals surface area contributed by atoms with Gasteiger partial charge in [0.2, 0.25) is 0 Å². The Hall–Kier alpha value is -3.69. The van der Waals surface area contributed by atoms with Gasteiger partial charge in [0.25, 0.3) is 11.8 Å². The number of likely N-dealkylation sites (tertiary alicyclic amines) is 1. The van der Waals surface area contributed by atoms with Crippen molar-refractivity contribution < 1.29 is 14.7 Å². The molecule has 2 aromatic heterocycles. The molecule has 30 heavy (non-hydrogen) atoms. The van der Waals surface area contributed by atoms with Crippen LogP contribution in [-0.2, 0) is 0 Å². The molecular formula is C20H21N7O3. The van der Waals surface area contributed by atoms with Crippen LogP contribution < -0.4 is 11.1 Å². The minimum Gasteiger partial charge on any atom is -0.508 e. The van der Waals surface area contributed by atoms with Crippen LogP contribution in [0.1, 0.15) is 46.5 Å². The second kappa shape index (κ2) is 6.68. The van der Waals surface area contributed by atoms with E-state index < -0.39 is 5.54 Å². The van der Waals surface area contributed by atoms with Gasteiger partial charge in [0.15, 0.2) is 11.3 Å². The number of benzene rings is 1. The van der Waals surface area contributed by atoms with E-state index >= 15 is 0 Å². The maximum atomic E-state index is 13.3.